The summed E-state index contributed by atoms with van der Waals surface area (Å²) in [5.41, 5.74) is 6.30. The van der Waals surface area contributed by atoms with E-state index in [4.69, 9.17) is 19.0 Å². The number of nitrogens with one attached hydrogen (secondary N) is 1. The van der Waals surface area contributed by atoms with Gasteiger partial charge in [-0.1, -0.05) is 0 Å². The molecule has 0 unspecified atom stereocenters. The van der Waals surface area contributed by atoms with Gasteiger partial charge in [0.05, 0.1) is 44.8 Å². The van der Waals surface area contributed by atoms with Crippen molar-refractivity contribution in [3.05, 3.63) is 58.9 Å². The van der Waals surface area contributed by atoms with E-state index in [9.17, 15) is 4.79 Å². The number of benzene rings is 1. The highest BCUT2D eigenvalue weighted by molar-refractivity contribution is 5.95. The second kappa shape index (κ2) is 8.64. The largest absolute Gasteiger partial charge is 0.447 e. The third kappa shape index (κ3) is 4.26. The van der Waals surface area contributed by atoms with Crippen LogP contribution in [-0.2, 0) is 35.4 Å². The van der Waals surface area contributed by atoms with Crippen molar-refractivity contribution in [2.24, 2.45) is 0 Å². The summed E-state index contributed by atoms with van der Waals surface area (Å²) in [6.07, 6.45) is 8.15. The molecular weight excluding hydrogens is 396 g/mol. The Bertz CT molecular complexity index is 1070. The maximum Gasteiger partial charge on any atom is 0.251 e. The Kier molecular flexibility index (Phi) is 5.57. The van der Waals surface area contributed by atoms with E-state index in [1.54, 1.807) is 6.20 Å². The molecule has 1 aliphatic carbocycles. The van der Waals surface area contributed by atoms with Crippen LogP contribution in [0.3, 0.4) is 0 Å². The Morgan fingerprint density at radius 2 is 2.16 bits per heavy atom. The smallest absolute Gasteiger partial charge is 0.251 e. The maximum absolute atomic E-state index is 12.7. The second-order valence-corrected chi connectivity index (χ2v) is 8.08. The SMILES string of the molecule is Cc1cc(C(=O)NCc2ncco2)cc2c1-c1nn(C[C@H]3COCCO3)cc1CCC2. The van der Waals surface area contributed by atoms with Gasteiger partial charge in [0.2, 0.25) is 5.89 Å². The van der Waals surface area contributed by atoms with E-state index in [0.29, 0.717) is 37.8 Å². The number of carbonyl (C=O) groups is 1. The number of hydrogen-bond donors (Lipinski definition) is 1. The fourth-order valence-electron chi connectivity index (χ4n) is 4.40. The van der Waals surface area contributed by atoms with Crippen molar-refractivity contribution >= 4 is 5.91 Å². The molecule has 1 saturated heterocycles. The number of oxazole rings is 1. The summed E-state index contributed by atoms with van der Waals surface area (Å²) in [5.74, 6) is 0.357. The maximum atomic E-state index is 12.7. The van der Waals surface area contributed by atoms with E-state index < -0.39 is 0 Å². The van der Waals surface area contributed by atoms with Crippen LogP contribution in [-0.4, -0.2) is 46.6 Å². The minimum atomic E-state index is -0.131. The van der Waals surface area contributed by atoms with Gasteiger partial charge < -0.3 is 19.2 Å². The number of carbonyl (C=O) groups excluding carboxylic acids is 1. The highest BCUT2D eigenvalue weighted by atomic mass is 16.6. The molecule has 8 heteroatoms. The predicted octanol–water partition coefficient (Wildman–Crippen LogP) is 2.68. The van der Waals surface area contributed by atoms with Crippen molar-refractivity contribution in [1.82, 2.24) is 20.1 Å². The molecule has 0 radical (unpaired) electrons. The van der Waals surface area contributed by atoms with Crippen LogP contribution in [0.25, 0.3) is 11.3 Å². The highest BCUT2D eigenvalue weighted by Crippen LogP contribution is 2.35. The Morgan fingerprint density at radius 1 is 1.26 bits per heavy atom. The van der Waals surface area contributed by atoms with Crippen molar-refractivity contribution in [2.75, 3.05) is 19.8 Å². The van der Waals surface area contributed by atoms with Gasteiger partial charge in [-0.3, -0.25) is 9.48 Å². The molecule has 1 fully saturated rings. The summed E-state index contributed by atoms with van der Waals surface area (Å²) in [6, 6.07) is 3.94. The summed E-state index contributed by atoms with van der Waals surface area (Å²) in [7, 11) is 0. The van der Waals surface area contributed by atoms with Crippen molar-refractivity contribution in [3.8, 4) is 11.3 Å². The third-order valence-electron chi connectivity index (χ3n) is 5.81. The van der Waals surface area contributed by atoms with Crippen LogP contribution in [0.4, 0.5) is 0 Å². The van der Waals surface area contributed by atoms with Gasteiger partial charge >= 0.3 is 0 Å². The molecule has 2 aromatic heterocycles. The van der Waals surface area contributed by atoms with Crippen LogP contribution in [0.1, 0.15) is 39.4 Å². The molecule has 2 aliphatic rings. The highest BCUT2D eigenvalue weighted by Gasteiger charge is 2.23. The fraction of sp³-hybridized carbons (Fsp3) is 0.435. The number of aryl methyl sites for hydroxylation is 3. The Morgan fingerprint density at radius 3 is 2.97 bits per heavy atom. The van der Waals surface area contributed by atoms with E-state index >= 15 is 0 Å². The number of rotatable bonds is 5. The van der Waals surface area contributed by atoms with Crippen molar-refractivity contribution in [2.45, 2.75) is 45.4 Å². The molecule has 0 spiro atoms. The van der Waals surface area contributed by atoms with Gasteiger partial charge in [-0.25, -0.2) is 4.98 Å². The molecule has 8 nitrogen and oxygen atoms in total. The summed E-state index contributed by atoms with van der Waals surface area (Å²) in [5, 5.41) is 7.79. The van der Waals surface area contributed by atoms with Crippen LogP contribution in [0.2, 0.25) is 0 Å². The monoisotopic (exact) mass is 422 g/mol. The average molecular weight is 422 g/mol. The first kappa shape index (κ1) is 20.0. The number of amides is 1. The zero-order valence-corrected chi connectivity index (χ0v) is 17.6. The van der Waals surface area contributed by atoms with Gasteiger partial charge in [0.15, 0.2) is 0 Å². The molecule has 1 aromatic carbocycles. The van der Waals surface area contributed by atoms with E-state index in [2.05, 4.69) is 23.4 Å². The van der Waals surface area contributed by atoms with Crippen LogP contribution in [0.5, 0.6) is 0 Å². The number of fused-ring (bicyclic) bond motifs is 3. The normalized spacial score (nSPS) is 18.2. The van der Waals surface area contributed by atoms with Crippen LogP contribution in [0.15, 0.2) is 35.2 Å². The topological polar surface area (TPSA) is 91.4 Å². The number of ether oxygens (including phenoxy) is 2. The van der Waals surface area contributed by atoms with E-state index in [1.807, 2.05) is 16.8 Å². The van der Waals surface area contributed by atoms with E-state index in [1.165, 1.54) is 17.4 Å². The summed E-state index contributed by atoms with van der Waals surface area (Å²) in [6.45, 7) is 4.90. The zero-order valence-electron chi connectivity index (χ0n) is 17.6. The summed E-state index contributed by atoms with van der Waals surface area (Å²) < 4.78 is 18.5. The Labute approximate surface area is 180 Å². The first-order valence-electron chi connectivity index (χ1n) is 10.7. The predicted molar refractivity (Wildman–Crippen MR) is 113 cm³/mol. The van der Waals surface area contributed by atoms with Gasteiger partial charge in [0, 0.05) is 17.3 Å². The lowest BCUT2D eigenvalue weighted by Gasteiger charge is -2.22. The zero-order chi connectivity index (χ0) is 21.2. The quantitative estimate of drug-likeness (QED) is 0.680. The van der Waals surface area contributed by atoms with Gasteiger partial charge in [0.1, 0.15) is 12.4 Å². The van der Waals surface area contributed by atoms with Crippen molar-refractivity contribution in [1.29, 1.82) is 0 Å². The molecule has 0 saturated carbocycles. The second-order valence-electron chi connectivity index (χ2n) is 8.08. The minimum Gasteiger partial charge on any atom is -0.447 e. The number of aromatic nitrogens is 3. The molecule has 31 heavy (non-hydrogen) atoms. The lowest BCUT2D eigenvalue weighted by molar-refractivity contribution is -0.0946. The van der Waals surface area contributed by atoms with E-state index in [0.717, 1.165) is 36.1 Å². The summed E-state index contributed by atoms with van der Waals surface area (Å²) >= 11 is 0. The van der Waals surface area contributed by atoms with Gasteiger partial charge in [0.25, 0.3) is 5.91 Å². The number of nitrogens with zero attached hydrogens (tertiary/aromatic N) is 3. The molecule has 3 aromatic rings. The van der Waals surface area contributed by atoms with Crippen LogP contribution >= 0.6 is 0 Å². The summed E-state index contributed by atoms with van der Waals surface area (Å²) in [4.78, 5) is 16.8. The third-order valence-corrected chi connectivity index (χ3v) is 5.81. The standard InChI is InChI=1S/C23H26N4O4/c1-15-9-18(23(28)25-11-20-24-5-6-31-20)10-16-3-2-4-17-12-27(26-22(17)21(15)16)13-19-14-29-7-8-30-19/h5-6,9-10,12,19H,2-4,7-8,11,13-14H2,1H3,(H,25,28)/t19-/m0/s1. The molecule has 3 heterocycles. The molecular formula is C23H26N4O4. The average Bonchev–Trinajstić information content (AvgIpc) is 3.39. The molecule has 5 rings (SSSR count). The van der Waals surface area contributed by atoms with E-state index in [-0.39, 0.29) is 18.6 Å². The van der Waals surface area contributed by atoms with Crippen molar-refractivity contribution < 1.29 is 18.7 Å². The molecule has 162 valence electrons. The minimum absolute atomic E-state index is 0.0348. The van der Waals surface area contributed by atoms with Crippen molar-refractivity contribution in [3.63, 3.8) is 0 Å². The van der Waals surface area contributed by atoms with Crippen LogP contribution in [0, 0.1) is 6.92 Å². The lowest BCUT2D eigenvalue weighted by Crippen LogP contribution is -2.32. The molecule has 1 atom stereocenters. The molecule has 0 bridgehead atoms. The first-order valence-corrected chi connectivity index (χ1v) is 10.7. The molecule has 1 aliphatic heterocycles. The van der Waals surface area contributed by atoms with Gasteiger partial charge in [-0.15, -0.1) is 0 Å². The van der Waals surface area contributed by atoms with Gasteiger partial charge in [-0.2, -0.15) is 5.10 Å². The molecule has 1 amide bonds. The van der Waals surface area contributed by atoms with Gasteiger partial charge in [-0.05, 0) is 55.0 Å². The number of hydrogen-bond acceptors (Lipinski definition) is 6. The Hall–Kier alpha value is -2.97. The Balaban J connectivity index is 1.39. The first-order chi connectivity index (χ1) is 15.2. The molecule has 1 N–H and O–H groups in total. The van der Waals surface area contributed by atoms with Crippen LogP contribution < -0.4 is 5.32 Å². The fourth-order valence-corrected chi connectivity index (χ4v) is 4.40. The lowest BCUT2D eigenvalue weighted by atomic mass is 9.94.